The van der Waals surface area contributed by atoms with Gasteiger partial charge in [-0.1, -0.05) is 19.1 Å². The predicted octanol–water partition coefficient (Wildman–Crippen LogP) is 2.23. The molecule has 2 atom stereocenters. The molecule has 1 heterocycles. The van der Waals surface area contributed by atoms with E-state index in [2.05, 4.69) is 17.6 Å². The summed E-state index contributed by atoms with van der Waals surface area (Å²) in [6.45, 7) is 2.07. The quantitative estimate of drug-likeness (QED) is 0.880. The molecular weight excluding hydrogens is 251 g/mol. The molecule has 1 saturated heterocycles. The molecule has 18 heavy (non-hydrogen) atoms. The highest BCUT2D eigenvalue weighted by Crippen LogP contribution is 2.18. The fraction of sp³-hybridized carbons (Fsp3) is 0.462. The molecule has 0 aromatic heterocycles. The van der Waals surface area contributed by atoms with E-state index in [4.69, 9.17) is 0 Å². The second-order valence-electron chi connectivity index (χ2n) is 4.36. The van der Waals surface area contributed by atoms with Crippen LogP contribution in [0.15, 0.2) is 24.3 Å². The summed E-state index contributed by atoms with van der Waals surface area (Å²) >= 11 is 1.61. The van der Waals surface area contributed by atoms with E-state index in [1.54, 1.807) is 23.9 Å². The molecule has 3 nitrogen and oxygen atoms in total. The molecule has 1 aromatic carbocycles. The summed E-state index contributed by atoms with van der Waals surface area (Å²) in [7, 11) is 0. The standard InChI is InChI=1S/C13H17FN2OS/c1-2-11-7-12(17)16-13(15-11)18-8-9-3-5-10(14)6-4-9/h3-6,11,13,15H,2,7-8H2,1H3,(H,16,17). The van der Waals surface area contributed by atoms with Crippen molar-refractivity contribution >= 4 is 17.7 Å². The number of halogens is 1. The normalized spacial score (nSPS) is 23.8. The molecule has 0 spiro atoms. The summed E-state index contributed by atoms with van der Waals surface area (Å²) in [4.78, 5) is 11.5. The number of hydrogen-bond donors (Lipinski definition) is 2. The zero-order chi connectivity index (χ0) is 13.0. The van der Waals surface area contributed by atoms with Crippen molar-refractivity contribution in [3.05, 3.63) is 35.6 Å². The summed E-state index contributed by atoms with van der Waals surface area (Å²) in [5.41, 5.74) is 0.998. The summed E-state index contributed by atoms with van der Waals surface area (Å²) in [6.07, 6.45) is 1.49. The van der Waals surface area contributed by atoms with Gasteiger partial charge in [0.2, 0.25) is 5.91 Å². The van der Waals surface area contributed by atoms with Crippen LogP contribution in [0.2, 0.25) is 0 Å². The third-order valence-corrected chi connectivity index (χ3v) is 4.02. The van der Waals surface area contributed by atoms with Crippen LogP contribution >= 0.6 is 11.8 Å². The van der Waals surface area contributed by atoms with Crippen LogP contribution in [-0.2, 0) is 10.5 Å². The van der Waals surface area contributed by atoms with E-state index in [0.29, 0.717) is 6.42 Å². The largest absolute Gasteiger partial charge is 0.332 e. The molecule has 1 aliphatic heterocycles. The third kappa shape index (κ3) is 3.71. The van der Waals surface area contributed by atoms with Crippen LogP contribution in [0, 0.1) is 5.82 Å². The first-order valence-electron chi connectivity index (χ1n) is 6.09. The maximum Gasteiger partial charge on any atom is 0.223 e. The predicted molar refractivity (Wildman–Crippen MR) is 71.5 cm³/mol. The summed E-state index contributed by atoms with van der Waals surface area (Å²) < 4.78 is 12.8. The van der Waals surface area contributed by atoms with Gasteiger partial charge in [-0.3, -0.25) is 10.1 Å². The van der Waals surface area contributed by atoms with Crippen molar-refractivity contribution in [2.45, 2.75) is 37.1 Å². The fourth-order valence-corrected chi connectivity index (χ4v) is 2.91. The Morgan fingerprint density at radius 3 is 2.78 bits per heavy atom. The van der Waals surface area contributed by atoms with Crippen molar-refractivity contribution < 1.29 is 9.18 Å². The van der Waals surface area contributed by atoms with Gasteiger partial charge in [0.25, 0.3) is 0 Å². The van der Waals surface area contributed by atoms with E-state index in [9.17, 15) is 9.18 Å². The molecule has 2 rings (SSSR count). The average Bonchev–Trinajstić information content (AvgIpc) is 2.37. The molecule has 1 amide bonds. The minimum absolute atomic E-state index is 0.0544. The highest BCUT2D eigenvalue weighted by Gasteiger charge is 2.24. The molecule has 5 heteroatoms. The van der Waals surface area contributed by atoms with Crippen LogP contribution in [0.1, 0.15) is 25.3 Å². The average molecular weight is 268 g/mol. The van der Waals surface area contributed by atoms with Gasteiger partial charge in [-0.25, -0.2) is 4.39 Å². The molecule has 0 radical (unpaired) electrons. The first kappa shape index (κ1) is 13.4. The number of carbonyl (C=O) groups is 1. The zero-order valence-corrected chi connectivity index (χ0v) is 11.1. The molecule has 0 saturated carbocycles. The lowest BCUT2D eigenvalue weighted by Crippen LogP contribution is -2.54. The van der Waals surface area contributed by atoms with Crippen molar-refractivity contribution in [3.63, 3.8) is 0 Å². The first-order valence-corrected chi connectivity index (χ1v) is 7.13. The van der Waals surface area contributed by atoms with Crippen molar-refractivity contribution in [1.29, 1.82) is 0 Å². The number of carbonyl (C=O) groups excluding carboxylic acids is 1. The van der Waals surface area contributed by atoms with Crippen LogP contribution in [-0.4, -0.2) is 17.4 Å². The van der Waals surface area contributed by atoms with Gasteiger partial charge in [-0.15, -0.1) is 11.8 Å². The Bertz CT molecular complexity index is 410. The van der Waals surface area contributed by atoms with Gasteiger partial charge in [0, 0.05) is 18.2 Å². The second kappa shape index (κ2) is 6.20. The number of nitrogens with one attached hydrogen (secondary N) is 2. The zero-order valence-electron chi connectivity index (χ0n) is 10.3. The van der Waals surface area contributed by atoms with Gasteiger partial charge in [0.15, 0.2) is 0 Å². The van der Waals surface area contributed by atoms with Crippen molar-refractivity contribution in [3.8, 4) is 0 Å². The number of amides is 1. The van der Waals surface area contributed by atoms with E-state index >= 15 is 0 Å². The van der Waals surface area contributed by atoms with Crippen LogP contribution in [0.25, 0.3) is 0 Å². The lowest BCUT2D eigenvalue weighted by molar-refractivity contribution is -0.123. The van der Waals surface area contributed by atoms with Gasteiger partial charge in [-0.2, -0.15) is 0 Å². The van der Waals surface area contributed by atoms with E-state index in [1.165, 1.54) is 12.1 Å². The van der Waals surface area contributed by atoms with Crippen LogP contribution in [0.4, 0.5) is 4.39 Å². The van der Waals surface area contributed by atoms with Crippen molar-refractivity contribution in [1.82, 2.24) is 10.6 Å². The number of benzene rings is 1. The van der Waals surface area contributed by atoms with Gasteiger partial charge in [0.1, 0.15) is 11.3 Å². The van der Waals surface area contributed by atoms with E-state index in [-0.39, 0.29) is 23.3 Å². The van der Waals surface area contributed by atoms with E-state index in [0.717, 1.165) is 17.7 Å². The number of rotatable bonds is 4. The minimum Gasteiger partial charge on any atom is -0.332 e. The Labute approximate surface area is 111 Å². The maximum atomic E-state index is 12.8. The Hall–Kier alpha value is -1.07. The molecule has 0 bridgehead atoms. The fourth-order valence-electron chi connectivity index (χ4n) is 1.86. The Balaban J connectivity index is 1.85. The van der Waals surface area contributed by atoms with E-state index in [1.807, 2.05) is 0 Å². The topological polar surface area (TPSA) is 41.1 Å². The molecule has 1 fully saturated rings. The smallest absolute Gasteiger partial charge is 0.223 e. The Kier molecular flexibility index (Phi) is 4.60. The lowest BCUT2D eigenvalue weighted by Gasteiger charge is -2.30. The van der Waals surface area contributed by atoms with Crippen LogP contribution < -0.4 is 10.6 Å². The lowest BCUT2D eigenvalue weighted by atomic mass is 10.1. The van der Waals surface area contributed by atoms with E-state index < -0.39 is 0 Å². The maximum absolute atomic E-state index is 12.8. The van der Waals surface area contributed by atoms with Gasteiger partial charge in [-0.05, 0) is 24.1 Å². The van der Waals surface area contributed by atoms with Gasteiger partial charge < -0.3 is 5.32 Å². The molecule has 2 unspecified atom stereocenters. The SMILES string of the molecule is CCC1CC(=O)NC(SCc2ccc(F)cc2)N1. The molecule has 98 valence electrons. The third-order valence-electron chi connectivity index (χ3n) is 2.93. The molecule has 2 N–H and O–H groups in total. The second-order valence-corrected chi connectivity index (χ2v) is 5.45. The number of hydrogen-bond acceptors (Lipinski definition) is 3. The molecule has 1 aliphatic rings. The summed E-state index contributed by atoms with van der Waals surface area (Å²) in [5, 5.41) is 6.27. The Morgan fingerprint density at radius 2 is 2.11 bits per heavy atom. The molecular formula is C13H17FN2OS. The van der Waals surface area contributed by atoms with Crippen LogP contribution in [0.3, 0.4) is 0 Å². The van der Waals surface area contributed by atoms with Crippen molar-refractivity contribution in [2.24, 2.45) is 0 Å². The molecule has 1 aromatic rings. The summed E-state index contributed by atoms with van der Waals surface area (Å²) in [6, 6.07) is 6.70. The highest BCUT2D eigenvalue weighted by molar-refractivity contribution is 7.99. The molecule has 0 aliphatic carbocycles. The minimum atomic E-state index is -0.223. The summed E-state index contributed by atoms with van der Waals surface area (Å²) in [5.74, 6) is 0.616. The van der Waals surface area contributed by atoms with Crippen LogP contribution in [0.5, 0.6) is 0 Å². The Morgan fingerprint density at radius 1 is 1.39 bits per heavy atom. The van der Waals surface area contributed by atoms with Crippen molar-refractivity contribution in [2.75, 3.05) is 0 Å². The first-order chi connectivity index (χ1) is 8.67. The van der Waals surface area contributed by atoms with Gasteiger partial charge >= 0.3 is 0 Å². The monoisotopic (exact) mass is 268 g/mol. The number of thioether (sulfide) groups is 1. The highest BCUT2D eigenvalue weighted by atomic mass is 32.2. The van der Waals surface area contributed by atoms with Gasteiger partial charge in [0.05, 0.1) is 0 Å².